The summed E-state index contributed by atoms with van der Waals surface area (Å²) in [7, 11) is 0. The zero-order chi connectivity index (χ0) is 23.2. The van der Waals surface area contributed by atoms with Gasteiger partial charge in [0.15, 0.2) is 0 Å². The van der Waals surface area contributed by atoms with E-state index in [0.717, 1.165) is 12.8 Å². The van der Waals surface area contributed by atoms with Gasteiger partial charge in [-0.3, -0.25) is 0 Å². The first-order valence-electron chi connectivity index (χ1n) is 10.1. The Morgan fingerprint density at radius 1 is 0.800 bits per heavy atom. The standard InChI is InChI=1S/C10H22O2.2C7H6O2/c1-5-9(6-2)10(12,7-3)8(4)11;2*8-7(9)6-4-2-1-3-5-6/h8-9,11-12H,5-7H2,1-4H3;2*1-5H,(H,8,9). The predicted molar refractivity (Wildman–Crippen MR) is 118 cm³/mol. The molecule has 6 heteroatoms. The minimum Gasteiger partial charge on any atom is -0.478 e. The quantitative estimate of drug-likeness (QED) is 0.517. The highest BCUT2D eigenvalue weighted by Gasteiger charge is 2.37. The van der Waals surface area contributed by atoms with Crippen molar-refractivity contribution >= 4 is 11.9 Å². The summed E-state index contributed by atoms with van der Waals surface area (Å²) in [6.07, 6.45) is 1.83. The van der Waals surface area contributed by atoms with Gasteiger partial charge in [0.1, 0.15) is 0 Å². The van der Waals surface area contributed by atoms with Crippen LogP contribution in [0, 0.1) is 5.92 Å². The van der Waals surface area contributed by atoms with Crippen LogP contribution in [0.1, 0.15) is 67.7 Å². The van der Waals surface area contributed by atoms with Crippen LogP contribution in [0.3, 0.4) is 0 Å². The third kappa shape index (κ3) is 9.20. The Hall–Kier alpha value is -2.70. The third-order valence-corrected chi connectivity index (χ3v) is 5.02. The van der Waals surface area contributed by atoms with Gasteiger partial charge in [0.05, 0.1) is 22.8 Å². The van der Waals surface area contributed by atoms with Crippen molar-refractivity contribution in [2.45, 2.75) is 58.7 Å². The van der Waals surface area contributed by atoms with Gasteiger partial charge in [-0.1, -0.05) is 70.0 Å². The highest BCUT2D eigenvalue weighted by atomic mass is 16.4. The molecule has 2 atom stereocenters. The monoisotopic (exact) mass is 418 g/mol. The molecule has 30 heavy (non-hydrogen) atoms. The molecule has 0 fully saturated rings. The van der Waals surface area contributed by atoms with Crippen LogP contribution < -0.4 is 0 Å². The second kappa shape index (κ2) is 14.3. The average molecular weight is 419 g/mol. The average Bonchev–Trinajstić information content (AvgIpc) is 2.76. The minimum atomic E-state index is -0.885. The molecule has 6 nitrogen and oxygen atoms in total. The molecule has 0 aliphatic carbocycles. The van der Waals surface area contributed by atoms with Crippen LogP contribution in [0.15, 0.2) is 60.7 Å². The summed E-state index contributed by atoms with van der Waals surface area (Å²) in [4.78, 5) is 20.4. The second-order valence-corrected chi connectivity index (χ2v) is 6.88. The summed E-state index contributed by atoms with van der Waals surface area (Å²) < 4.78 is 0. The molecule has 0 spiro atoms. The molecule has 0 heterocycles. The van der Waals surface area contributed by atoms with E-state index < -0.39 is 23.6 Å². The summed E-state index contributed by atoms with van der Waals surface area (Å²) >= 11 is 0. The number of carboxylic acids is 2. The number of benzene rings is 2. The molecule has 4 N–H and O–H groups in total. The lowest BCUT2D eigenvalue weighted by molar-refractivity contribution is -0.111. The van der Waals surface area contributed by atoms with Crippen LogP contribution in [0.25, 0.3) is 0 Å². The largest absolute Gasteiger partial charge is 0.478 e. The molecule has 2 rings (SSSR count). The first kappa shape index (κ1) is 27.3. The van der Waals surface area contributed by atoms with Crippen molar-refractivity contribution in [2.24, 2.45) is 5.92 Å². The normalized spacial score (nSPS) is 13.0. The molecule has 2 aromatic rings. The summed E-state index contributed by atoms with van der Waals surface area (Å²) in [5, 5.41) is 36.3. The van der Waals surface area contributed by atoms with Crippen LogP contribution >= 0.6 is 0 Å². The fourth-order valence-corrected chi connectivity index (χ4v) is 3.08. The van der Waals surface area contributed by atoms with Crippen LogP contribution in [-0.2, 0) is 0 Å². The molecule has 0 bridgehead atoms. The van der Waals surface area contributed by atoms with Crippen LogP contribution in [0.2, 0.25) is 0 Å². The number of aliphatic hydroxyl groups is 2. The molecule has 2 unspecified atom stereocenters. The van der Waals surface area contributed by atoms with Crippen LogP contribution in [-0.4, -0.2) is 44.1 Å². The maximum atomic E-state index is 10.2. The highest BCUT2D eigenvalue weighted by Crippen LogP contribution is 2.30. The Kier molecular flexibility index (Phi) is 13.0. The van der Waals surface area contributed by atoms with E-state index in [4.69, 9.17) is 10.2 Å². The van der Waals surface area contributed by atoms with Crippen molar-refractivity contribution in [3.8, 4) is 0 Å². The smallest absolute Gasteiger partial charge is 0.335 e. The molecule has 0 aliphatic heterocycles. The van der Waals surface area contributed by atoms with Crippen molar-refractivity contribution < 1.29 is 30.0 Å². The Bertz CT molecular complexity index is 676. The predicted octanol–water partition coefficient (Wildman–Crippen LogP) is 4.71. The van der Waals surface area contributed by atoms with E-state index in [2.05, 4.69) is 13.8 Å². The fraction of sp³-hybridized carbons (Fsp3) is 0.417. The number of aliphatic hydroxyl groups excluding tert-OH is 1. The molecule has 0 amide bonds. The lowest BCUT2D eigenvalue weighted by Gasteiger charge is -2.37. The van der Waals surface area contributed by atoms with Crippen molar-refractivity contribution in [1.29, 1.82) is 0 Å². The first-order chi connectivity index (χ1) is 14.1. The second-order valence-electron chi connectivity index (χ2n) is 6.88. The fourth-order valence-electron chi connectivity index (χ4n) is 3.08. The lowest BCUT2D eigenvalue weighted by atomic mass is 9.78. The van der Waals surface area contributed by atoms with Gasteiger partial charge >= 0.3 is 11.9 Å². The Labute approximate surface area is 178 Å². The van der Waals surface area contributed by atoms with E-state index in [1.165, 1.54) is 0 Å². The van der Waals surface area contributed by atoms with Crippen molar-refractivity contribution in [1.82, 2.24) is 0 Å². The van der Waals surface area contributed by atoms with Crippen LogP contribution in [0.5, 0.6) is 0 Å². The molecular weight excluding hydrogens is 384 g/mol. The molecule has 0 saturated heterocycles. The zero-order valence-corrected chi connectivity index (χ0v) is 18.2. The summed E-state index contributed by atoms with van der Waals surface area (Å²) in [5.74, 6) is -1.55. The number of carbonyl (C=O) groups is 2. The number of rotatable bonds is 7. The van der Waals surface area contributed by atoms with E-state index in [1.54, 1.807) is 67.6 Å². The SMILES string of the molecule is CCC(CC)C(O)(CC)C(C)O.O=C(O)c1ccccc1.O=C(O)c1ccccc1. The Morgan fingerprint density at radius 2 is 1.13 bits per heavy atom. The van der Waals surface area contributed by atoms with Gasteiger partial charge in [0.25, 0.3) is 0 Å². The number of hydrogen-bond acceptors (Lipinski definition) is 4. The topological polar surface area (TPSA) is 115 Å². The van der Waals surface area contributed by atoms with Gasteiger partial charge < -0.3 is 20.4 Å². The Balaban J connectivity index is 0.000000426. The molecule has 0 saturated carbocycles. The minimum absolute atomic E-state index is 0.211. The number of hydrogen-bond donors (Lipinski definition) is 4. The third-order valence-electron chi connectivity index (χ3n) is 5.02. The van der Waals surface area contributed by atoms with Crippen molar-refractivity contribution in [3.63, 3.8) is 0 Å². The molecule has 2 aromatic carbocycles. The Morgan fingerprint density at radius 3 is 1.27 bits per heavy atom. The maximum Gasteiger partial charge on any atom is 0.335 e. The van der Waals surface area contributed by atoms with Crippen LogP contribution in [0.4, 0.5) is 0 Å². The van der Waals surface area contributed by atoms with Gasteiger partial charge in [-0.25, -0.2) is 9.59 Å². The highest BCUT2D eigenvalue weighted by molar-refractivity contribution is 5.87. The summed E-state index contributed by atoms with van der Waals surface area (Å²) in [6.45, 7) is 7.70. The van der Waals surface area contributed by atoms with Gasteiger partial charge in [0, 0.05) is 0 Å². The van der Waals surface area contributed by atoms with E-state index >= 15 is 0 Å². The number of aromatic carboxylic acids is 2. The zero-order valence-electron chi connectivity index (χ0n) is 18.2. The van der Waals surface area contributed by atoms with Crippen molar-refractivity contribution in [3.05, 3.63) is 71.8 Å². The molecule has 0 aromatic heterocycles. The molecule has 166 valence electrons. The van der Waals surface area contributed by atoms with Gasteiger partial charge in [-0.05, 0) is 43.5 Å². The van der Waals surface area contributed by atoms with E-state index in [0.29, 0.717) is 17.5 Å². The van der Waals surface area contributed by atoms with E-state index in [1.807, 2.05) is 6.92 Å². The first-order valence-corrected chi connectivity index (χ1v) is 10.1. The molecule has 0 radical (unpaired) electrons. The van der Waals surface area contributed by atoms with Gasteiger partial charge in [-0.15, -0.1) is 0 Å². The van der Waals surface area contributed by atoms with Gasteiger partial charge in [-0.2, -0.15) is 0 Å². The van der Waals surface area contributed by atoms with E-state index in [9.17, 15) is 19.8 Å². The molecular formula is C24H34O6. The van der Waals surface area contributed by atoms with Crippen molar-refractivity contribution in [2.75, 3.05) is 0 Å². The lowest BCUT2D eigenvalue weighted by Crippen LogP contribution is -2.46. The summed E-state index contributed by atoms with van der Waals surface area (Å²) in [6, 6.07) is 16.6. The summed E-state index contributed by atoms with van der Waals surface area (Å²) in [5.41, 5.74) is -0.223. The molecule has 0 aliphatic rings. The number of carboxylic acid groups (broad SMARTS) is 2. The van der Waals surface area contributed by atoms with E-state index in [-0.39, 0.29) is 5.92 Å². The van der Waals surface area contributed by atoms with Gasteiger partial charge in [0.2, 0.25) is 0 Å². The maximum absolute atomic E-state index is 10.2.